The number of nitrogens with zero attached hydrogens (tertiary/aromatic N) is 3. The third kappa shape index (κ3) is 6.34. The van der Waals surface area contributed by atoms with E-state index in [2.05, 4.69) is 53.3 Å². The minimum Gasteiger partial charge on any atom is -0.351 e. The van der Waals surface area contributed by atoms with Crippen LogP contribution < -0.4 is 10.6 Å². The fourth-order valence-electron chi connectivity index (χ4n) is 4.14. The van der Waals surface area contributed by atoms with Gasteiger partial charge in [-0.05, 0) is 52.7 Å². The summed E-state index contributed by atoms with van der Waals surface area (Å²) in [5.41, 5.74) is -0.970. The third-order valence-corrected chi connectivity index (χ3v) is 5.37. The van der Waals surface area contributed by atoms with E-state index in [0.717, 1.165) is 25.0 Å². The van der Waals surface area contributed by atoms with Crippen molar-refractivity contribution in [3.8, 4) is 11.4 Å². The van der Waals surface area contributed by atoms with E-state index in [1.54, 1.807) is 0 Å². The Morgan fingerprint density at radius 3 is 2.16 bits per heavy atom. The van der Waals surface area contributed by atoms with Crippen LogP contribution in [0.25, 0.3) is 11.4 Å². The Bertz CT molecular complexity index is 942. The summed E-state index contributed by atoms with van der Waals surface area (Å²) in [6.45, 7) is 8.38. The van der Waals surface area contributed by atoms with Gasteiger partial charge in [-0.25, -0.2) is 4.98 Å². The topological polar surface area (TPSA) is 62.7 Å². The summed E-state index contributed by atoms with van der Waals surface area (Å²) in [6.07, 6.45) is -2.97. The summed E-state index contributed by atoms with van der Waals surface area (Å²) in [5, 5.41) is 6.84. The summed E-state index contributed by atoms with van der Waals surface area (Å²) in [4.78, 5) is 12.7. The molecule has 1 aromatic carbocycles. The maximum absolute atomic E-state index is 13.2. The van der Waals surface area contributed by atoms with E-state index in [9.17, 15) is 13.2 Å². The van der Waals surface area contributed by atoms with Crippen LogP contribution in [-0.2, 0) is 9.97 Å². The molecule has 2 N–H and O–H groups in total. The predicted octanol–water partition coefficient (Wildman–Crippen LogP) is 6.11. The van der Waals surface area contributed by atoms with Crippen molar-refractivity contribution in [3.05, 3.63) is 35.7 Å². The molecule has 0 radical (unpaired) electrons. The Kier molecular flexibility index (Phi) is 6.43. The predicted molar refractivity (Wildman–Crippen MR) is 117 cm³/mol. The molecule has 0 spiro atoms. The Labute approximate surface area is 194 Å². The van der Waals surface area contributed by atoms with Gasteiger partial charge in [0.2, 0.25) is 9.74 Å². The van der Waals surface area contributed by atoms with E-state index in [1.807, 2.05) is 0 Å². The van der Waals surface area contributed by atoms with Crippen molar-refractivity contribution in [2.75, 3.05) is 5.32 Å². The van der Waals surface area contributed by atoms with Crippen LogP contribution in [0.2, 0.25) is 0 Å². The minimum absolute atomic E-state index is 0.00811. The van der Waals surface area contributed by atoms with Crippen molar-refractivity contribution in [1.29, 1.82) is 0 Å². The van der Waals surface area contributed by atoms with Crippen molar-refractivity contribution in [2.24, 2.45) is 0 Å². The molecule has 0 unspecified atom stereocenters. The summed E-state index contributed by atoms with van der Waals surface area (Å²) >= 11 is 18.0. The SMILES string of the molecule is CC1(C)CC(Nc2nc(-c3cccc(C(F)(F)F)c3)nc(C(Cl)(Cl)Cl)n2)CC(C)(C)N1. The molecule has 0 aliphatic carbocycles. The van der Waals surface area contributed by atoms with Gasteiger partial charge in [0.15, 0.2) is 11.6 Å². The number of hydrogen-bond acceptors (Lipinski definition) is 5. The molecule has 170 valence electrons. The maximum atomic E-state index is 13.2. The molecule has 1 aromatic heterocycles. The first kappa shape index (κ1) is 24.3. The Morgan fingerprint density at radius 1 is 1.00 bits per heavy atom. The quantitative estimate of drug-likeness (QED) is 0.502. The molecule has 2 aromatic rings. The van der Waals surface area contributed by atoms with Gasteiger partial charge in [0, 0.05) is 22.7 Å². The lowest BCUT2D eigenvalue weighted by Crippen LogP contribution is -2.60. The van der Waals surface area contributed by atoms with Crippen molar-refractivity contribution in [3.63, 3.8) is 0 Å². The normalized spacial score (nSPS) is 19.3. The van der Waals surface area contributed by atoms with Crippen LogP contribution in [0.15, 0.2) is 24.3 Å². The Morgan fingerprint density at radius 2 is 1.61 bits per heavy atom. The molecular formula is C20H23Cl3F3N5. The van der Waals surface area contributed by atoms with Crippen molar-refractivity contribution >= 4 is 40.8 Å². The molecule has 0 amide bonds. The molecular weight excluding hydrogens is 474 g/mol. The van der Waals surface area contributed by atoms with Crippen LogP contribution in [-0.4, -0.2) is 32.1 Å². The highest BCUT2D eigenvalue weighted by Gasteiger charge is 2.38. The zero-order chi connectivity index (χ0) is 23.2. The number of halogens is 6. The molecule has 3 rings (SSSR count). The van der Waals surface area contributed by atoms with Crippen molar-refractivity contribution in [1.82, 2.24) is 20.3 Å². The number of aromatic nitrogens is 3. The molecule has 5 nitrogen and oxygen atoms in total. The van der Waals surface area contributed by atoms with Gasteiger partial charge >= 0.3 is 6.18 Å². The average Bonchev–Trinajstić information content (AvgIpc) is 2.57. The number of hydrogen-bond donors (Lipinski definition) is 2. The van der Waals surface area contributed by atoms with E-state index in [1.165, 1.54) is 12.1 Å². The maximum Gasteiger partial charge on any atom is 0.416 e. The standard InChI is InChI=1S/C20H23Cl3F3N5/c1-17(2)9-13(10-18(3,4)31-17)27-16-29-14(28-15(30-16)19(21,22)23)11-6-5-7-12(8-11)20(24,25)26/h5-8,13,31H,9-10H2,1-4H3,(H,27,28,29,30). The monoisotopic (exact) mass is 495 g/mol. The number of anilines is 1. The van der Waals surface area contributed by atoms with Gasteiger partial charge in [-0.15, -0.1) is 0 Å². The van der Waals surface area contributed by atoms with Crippen molar-refractivity contribution in [2.45, 2.75) is 67.6 Å². The van der Waals surface area contributed by atoms with Crippen LogP contribution in [0.1, 0.15) is 51.9 Å². The summed E-state index contributed by atoms with van der Waals surface area (Å²) in [6, 6.07) is 4.66. The number of piperidine rings is 1. The van der Waals surface area contributed by atoms with Crippen LogP contribution in [0.3, 0.4) is 0 Å². The average molecular weight is 497 g/mol. The molecule has 2 heterocycles. The fraction of sp³-hybridized carbons (Fsp3) is 0.550. The van der Waals surface area contributed by atoms with Crippen LogP contribution in [0, 0.1) is 0 Å². The smallest absolute Gasteiger partial charge is 0.351 e. The van der Waals surface area contributed by atoms with E-state index >= 15 is 0 Å². The fourth-order valence-corrected chi connectivity index (χ4v) is 4.39. The summed E-state index contributed by atoms with van der Waals surface area (Å²) < 4.78 is 37.5. The second kappa shape index (κ2) is 8.21. The Balaban J connectivity index is 2.01. The van der Waals surface area contributed by atoms with E-state index in [4.69, 9.17) is 34.8 Å². The molecule has 1 aliphatic heterocycles. The van der Waals surface area contributed by atoms with E-state index < -0.39 is 15.5 Å². The highest BCUT2D eigenvalue weighted by molar-refractivity contribution is 6.66. The second-order valence-corrected chi connectivity index (χ2v) is 11.3. The molecule has 1 saturated heterocycles. The number of alkyl halides is 6. The van der Waals surface area contributed by atoms with Crippen LogP contribution in [0.4, 0.5) is 19.1 Å². The number of rotatable bonds is 3. The van der Waals surface area contributed by atoms with Gasteiger partial charge in [0.25, 0.3) is 0 Å². The summed E-state index contributed by atoms with van der Waals surface area (Å²) in [7, 11) is 0. The van der Waals surface area contributed by atoms with Crippen LogP contribution >= 0.6 is 34.8 Å². The minimum atomic E-state index is -4.51. The highest BCUT2D eigenvalue weighted by Crippen LogP contribution is 2.38. The first-order valence-corrected chi connectivity index (χ1v) is 10.7. The molecule has 31 heavy (non-hydrogen) atoms. The largest absolute Gasteiger partial charge is 0.416 e. The van der Waals surface area contributed by atoms with Crippen molar-refractivity contribution < 1.29 is 13.2 Å². The van der Waals surface area contributed by atoms with E-state index in [0.29, 0.717) is 0 Å². The molecule has 0 atom stereocenters. The lowest BCUT2D eigenvalue weighted by Gasteiger charge is -2.46. The zero-order valence-electron chi connectivity index (χ0n) is 17.4. The summed E-state index contributed by atoms with van der Waals surface area (Å²) in [5.74, 6) is -0.0468. The Hall–Kier alpha value is -1.35. The number of nitrogens with one attached hydrogen (secondary N) is 2. The van der Waals surface area contributed by atoms with Gasteiger partial charge in [0.1, 0.15) is 0 Å². The molecule has 0 saturated carbocycles. The molecule has 1 aliphatic rings. The highest BCUT2D eigenvalue weighted by atomic mass is 35.6. The van der Waals surface area contributed by atoms with Gasteiger partial charge in [-0.3, -0.25) is 0 Å². The number of benzene rings is 1. The molecule has 11 heteroatoms. The van der Waals surface area contributed by atoms with Gasteiger partial charge < -0.3 is 10.6 Å². The first-order chi connectivity index (χ1) is 14.0. The van der Waals surface area contributed by atoms with Crippen LogP contribution in [0.5, 0.6) is 0 Å². The second-order valence-electron chi connectivity index (χ2n) is 9.02. The van der Waals surface area contributed by atoms with Gasteiger partial charge in [-0.1, -0.05) is 46.9 Å². The third-order valence-electron chi connectivity index (χ3n) is 4.86. The zero-order valence-corrected chi connectivity index (χ0v) is 19.7. The molecule has 1 fully saturated rings. The lowest BCUT2D eigenvalue weighted by molar-refractivity contribution is -0.137. The van der Waals surface area contributed by atoms with Gasteiger partial charge in [0.05, 0.1) is 5.56 Å². The first-order valence-electron chi connectivity index (χ1n) is 9.61. The van der Waals surface area contributed by atoms with E-state index in [-0.39, 0.29) is 40.3 Å². The molecule has 0 bridgehead atoms. The lowest BCUT2D eigenvalue weighted by atomic mass is 9.80. The van der Waals surface area contributed by atoms with Gasteiger partial charge in [-0.2, -0.15) is 23.1 Å².